The number of alkyl halides is 3. The van der Waals surface area contributed by atoms with E-state index in [1.807, 2.05) is 0 Å². The molecular weight excluding hydrogens is 259 g/mol. The van der Waals surface area contributed by atoms with Crippen LogP contribution >= 0.6 is 0 Å². The van der Waals surface area contributed by atoms with Crippen molar-refractivity contribution >= 4 is 5.91 Å². The van der Waals surface area contributed by atoms with Crippen LogP contribution in [0.3, 0.4) is 0 Å². The summed E-state index contributed by atoms with van der Waals surface area (Å²) in [6.07, 6.45) is -6.14. The third-order valence-corrected chi connectivity index (χ3v) is 2.66. The second-order valence-corrected chi connectivity index (χ2v) is 4.53. The zero-order chi connectivity index (χ0) is 14.5. The molecule has 0 spiro atoms. The summed E-state index contributed by atoms with van der Waals surface area (Å²) >= 11 is 0. The Morgan fingerprint density at radius 3 is 2.37 bits per heavy atom. The van der Waals surface area contributed by atoms with Crippen molar-refractivity contribution in [2.24, 2.45) is 0 Å². The van der Waals surface area contributed by atoms with Crippen molar-refractivity contribution in [3.8, 4) is 0 Å². The molecule has 2 N–H and O–H groups in total. The molecule has 0 aliphatic rings. The van der Waals surface area contributed by atoms with Crippen molar-refractivity contribution in [2.75, 3.05) is 6.54 Å². The molecule has 1 unspecified atom stereocenters. The summed E-state index contributed by atoms with van der Waals surface area (Å²) in [4.78, 5) is 11.2. The molecule has 0 bridgehead atoms. The summed E-state index contributed by atoms with van der Waals surface area (Å²) in [5.41, 5.74) is -0.721. The average Bonchev–Trinajstić information content (AvgIpc) is 2.34. The molecule has 6 heteroatoms. The molecule has 19 heavy (non-hydrogen) atoms. The van der Waals surface area contributed by atoms with Gasteiger partial charge in [-0.25, -0.2) is 0 Å². The van der Waals surface area contributed by atoms with Gasteiger partial charge in [0.2, 0.25) is 5.91 Å². The Kier molecular flexibility index (Phi) is 4.94. The van der Waals surface area contributed by atoms with Crippen molar-refractivity contribution in [3.05, 3.63) is 35.9 Å². The number of halogens is 3. The van der Waals surface area contributed by atoms with E-state index < -0.39 is 30.5 Å². The molecule has 0 saturated heterocycles. The van der Waals surface area contributed by atoms with Crippen molar-refractivity contribution in [1.82, 2.24) is 5.32 Å². The maximum absolute atomic E-state index is 11.9. The van der Waals surface area contributed by atoms with Crippen LogP contribution in [0.25, 0.3) is 0 Å². The maximum atomic E-state index is 11.9. The molecule has 1 atom stereocenters. The lowest BCUT2D eigenvalue weighted by Crippen LogP contribution is -2.38. The van der Waals surface area contributed by atoms with Crippen LogP contribution in [0, 0.1) is 0 Å². The minimum Gasteiger partial charge on any atom is -0.384 e. The summed E-state index contributed by atoms with van der Waals surface area (Å²) in [5.74, 6) is -0.728. The van der Waals surface area contributed by atoms with Crippen LogP contribution in [0.15, 0.2) is 30.3 Å². The Bertz CT molecular complexity index is 416. The van der Waals surface area contributed by atoms with Crippen molar-refractivity contribution < 1.29 is 23.1 Å². The molecule has 0 heterocycles. The topological polar surface area (TPSA) is 49.3 Å². The predicted octanol–water partition coefficient (Wildman–Crippen LogP) is 2.35. The van der Waals surface area contributed by atoms with Crippen LogP contribution in [0.5, 0.6) is 0 Å². The third kappa shape index (κ3) is 5.74. The van der Waals surface area contributed by atoms with Gasteiger partial charge in [0, 0.05) is 6.42 Å². The van der Waals surface area contributed by atoms with Gasteiger partial charge in [-0.3, -0.25) is 4.79 Å². The second-order valence-electron chi connectivity index (χ2n) is 4.53. The number of aliphatic hydroxyl groups is 1. The van der Waals surface area contributed by atoms with Gasteiger partial charge in [-0.1, -0.05) is 30.3 Å². The van der Waals surface area contributed by atoms with E-state index in [4.69, 9.17) is 0 Å². The van der Waals surface area contributed by atoms with Crippen molar-refractivity contribution in [2.45, 2.75) is 31.5 Å². The highest BCUT2D eigenvalue weighted by atomic mass is 19.4. The number of rotatable bonds is 5. The highest BCUT2D eigenvalue weighted by Crippen LogP contribution is 2.22. The highest BCUT2D eigenvalue weighted by Gasteiger charge is 2.29. The molecular formula is C13H16F3NO2. The molecule has 1 rings (SSSR count). The van der Waals surface area contributed by atoms with Gasteiger partial charge in [0.05, 0.1) is 13.0 Å². The smallest absolute Gasteiger partial charge is 0.384 e. The number of benzene rings is 1. The summed E-state index contributed by atoms with van der Waals surface area (Å²) in [6, 6.07) is 8.61. The van der Waals surface area contributed by atoms with E-state index in [0.29, 0.717) is 5.56 Å². The van der Waals surface area contributed by atoms with Crippen LogP contribution in [0.2, 0.25) is 0 Å². The molecule has 1 aromatic rings. The third-order valence-electron chi connectivity index (χ3n) is 2.66. The lowest BCUT2D eigenvalue weighted by atomic mass is 9.96. The lowest BCUT2D eigenvalue weighted by Gasteiger charge is -2.24. The minimum atomic E-state index is -4.35. The van der Waals surface area contributed by atoms with Gasteiger partial charge in [0.25, 0.3) is 0 Å². The quantitative estimate of drug-likeness (QED) is 0.866. The number of nitrogens with one attached hydrogen (secondary N) is 1. The van der Waals surface area contributed by atoms with Crippen LogP contribution in [-0.4, -0.2) is 23.7 Å². The first kappa shape index (κ1) is 15.5. The minimum absolute atomic E-state index is 0.131. The largest absolute Gasteiger partial charge is 0.389 e. The summed E-state index contributed by atoms with van der Waals surface area (Å²) in [6.45, 7) is 1.36. The van der Waals surface area contributed by atoms with Crippen molar-refractivity contribution in [3.63, 3.8) is 0 Å². The summed E-state index contributed by atoms with van der Waals surface area (Å²) in [5, 5.41) is 12.4. The van der Waals surface area contributed by atoms with Crippen LogP contribution < -0.4 is 5.32 Å². The molecule has 106 valence electrons. The predicted molar refractivity (Wildman–Crippen MR) is 64.3 cm³/mol. The van der Waals surface area contributed by atoms with Gasteiger partial charge in [-0.15, -0.1) is 0 Å². The van der Waals surface area contributed by atoms with Gasteiger partial charge in [-0.05, 0) is 12.5 Å². The fourth-order valence-corrected chi connectivity index (χ4v) is 1.51. The Labute approximate surface area is 109 Å². The molecule has 0 aliphatic carbocycles. The molecule has 0 fully saturated rings. The van der Waals surface area contributed by atoms with E-state index >= 15 is 0 Å². The summed E-state index contributed by atoms with van der Waals surface area (Å²) in [7, 11) is 0. The number of hydrogen-bond acceptors (Lipinski definition) is 2. The molecule has 0 aliphatic heterocycles. The van der Waals surface area contributed by atoms with Gasteiger partial charge in [-0.2, -0.15) is 13.2 Å². The van der Waals surface area contributed by atoms with E-state index in [-0.39, 0.29) is 6.54 Å². The van der Waals surface area contributed by atoms with Gasteiger partial charge in [0.1, 0.15) is 5.60 Å². The molecule has 0 saturated carbocycles. The molecule has 0 radical (unpaired) electrons. The first-order valence-electron chi connectivity index (χ1n) is 5.82. The summed E-state index contributed by atoms with van der Waals surface area (Å²) < 4.78 is 35.8. The molecule has 1 amide bonds. The Balaban J connectivity index is 2.45. The monoisotopic (exact) mass is 275 g/mol. The van der Waals surface area contributed by atoms with E-state index in [1.165, 1.54) is 6.92 Å². The fraction of sp³-hybridized carbons (Fsp3) is 0.462. The van der Waals surface area contributed by atoms with Crippen molar-refractivity contribution in [1.29, 1.82) is 0 Å². The Morgan fingerprint density at radius 1 is 1.26 bits per heavy atom. The standard InChI is InChI=1S/C13H16F3NO2/c1-12(19,10-5-3-2-4-6-10)9-17-11(18)7-8-13(14,15)16/h2-6,19H,7-9H2,1H3,(H,17,18). The van der Waals surface area contributed by atoms with E-state index in [0.717, 1.165) is 0 Å². The van der Waals surface area contributed by atoms with E-state index in [1.54, 1.807) is 30.3 Å². The second kappa shape index (κ2) is 6.06. The maximum Gasteiger partial charge on any atom is 0.389 e. The molecule has 3 nitrogen and oxygen atoms in total. The fourth-order valence-electron chi connectivity index (χ4n) is 1.51. The van der Waals surface area contributed by atoms with Gasteiger partial charge >= 0.3 is 6.18 Å². The van der Waals surface area contributed by atoms with Crippen LogP contribution in [0.4, 0.5) is 13.2 Å². The van der Waals surface area contributed by atoms with Gasteiger partial charge in [0.15, 0.2) is 0 Å². The Morgan fingerprint density at radius 2 is 1.84 bits per heavy atom. The number of hydrogen-bond donors (Lipinski definition) is 2. The average molecular weight is 275 g/mol. The first-order chi connectivity index (χ1) is 8.71. The number of amides is 1. The zero-order valence-electron chi connectivity index (χ0n) is 10.5. The molecule has 1 aromatic carbocycles. The normalized spacial score (nSPS) is 14.8. The first-order valence-corrected chi connectivity index (χ1v) is 5.82. The van der Waals surface area contributed by atoms with E-state index in [9.17, 15) is 23.1 Å². The highest BCUT2D eigenvalue weighted by molar-refractivity contribution is 5.76. The zero-order valence-corrected chi connectivity index (χ0v) is 10.5. The molecule has 0 aromatic heterocycles. The SMILES string of the molecule is CC(O)(CNC(=O)CCC(F)(F)F)c1ccccc1. The Hall–Kier alpha value is -1.56. The van der Waals surface area contributed by atoms with E-state index in [2.05, 4.69) is 5.32 Å². The number of carbonyl (C=O) groups excluding carboxylic acids is 1. The van der Waals surface area contributed by atoms with Crippen LogP contribution in [-0.2, 0) is 10.4 Å². The van der Waals surface area contributed by atoms with Gasteiger partial charge < -0.3 is 10.4 Å². The van der Waals surface area contributed by atoms with Crippen LogP contribution in [0.1, 0.15) is 25.3 Å². The lowest BCUT2D eigenvalue weighted by molar-refractivity contribution is -0.144. The number of carbonyl (C=O) groups is 1.